The van der Waals surface area contributed by atoms with Crippen LogP contribution in [0.3, 0.4) is 0 Å². The molecule has 0 aliphatic carbocycles. The lowest BCUT2D eigenvalue weighted by molar-refractivity contribution is -0.135. The second-order valence-corrected chi connectivity index (χ2v) is 6.14. The summed E-state index contributed by atoms with van der Waals surface area (Å²) in [6, 6.07) is 14.8. The molecule has 28 heavy (non-hydrogen) atoms. The second kappa shape index (κ2) is 10.8. The van der Waals surface area contributed by atoms with E-state index >= 15 is 0 Å². The Morgan fingerprint density at radius 2 is 1.32 bits per heavy atom. The molecular formula is C22H26N2O4. The lowest BCUT2D eigenvalue weighted by atomic mass is 10.0. The third-order valence-corrected chi connectivity index (χ3v) is 4.33. The van der Waals surface area contributed by atoms with E-state index in [2.05, 4.69) is 17.2 Å². The minimum Gasteiger partial charge on any atom is -0.496 e. The normalized spacial score (nSPS) is 10.2. The zero-order chi connectivity index (χ0) is 20.4. The lowest BCUT2D eigenvalue weighted by Gasteiger charge is -2.17. The topological polar surface area (TPSA) is 76.7 Å². The molecule has 0 unspecified atom stereocenters. The van der Waals surface area contributed by atoms with Gasteiger partial charge in [-0.15, -0.1) is 6.58 Å². The van der Waals surface area contributed by atoms with Crippen molar-refractivity contribution < 1.29 is 19.1 Å². The van der Waals surface area contributed by atoms with Gasteiger partial charge >= 0.3 is 0 Å². The fourth-order valence-electron chi connectivity index (χ4n) is 2.81. The highest BCUT2D eigenvalue weighted by Gasteiger charge is 2.25. The van der Waals surface area contributed by atoms with E-state index in [1.165, 1.54) is 0 Å². The van der Waals surface area contributed by atoms with Crippen LogP contribution in [0.2, 0.25) is 0 Å². The summed E-state index contributed by atoms with van der Waals surface area (Å²) in [5.74, 6) is -0.207. The average Bonchev–Trinajstić information content (AvgIpc) is 2.74. The van der Waals surface area contributed by atoms with Crippen LogP contribution in [-0.2, 0) is 22.7 Å². The van der Waals surface area contributed by atoms with Crippen LogP contribution in [0.25, 0.3) is 0 Å². The molecule has 0 saturated heterocycles. The zero-order valence-electron chi connectivity index (χ0n) is 16.2. The molecule has 2 rings (SSSR count). The molecule has 0 spiro atoms. The van der Waals surface area contributed by atoms with Gasteiger partial charge in [0.1, 0.15) is 17.4 Å². The molecule has 2 N–H and O–H groups in total. The van der Waals surface area contributed by atoms with Crippen molar-refractivity contribution in [3.8, 4) is 11.5 Å². The highest BCUT2D eigenvalue weighted by Crippen LogP contribution is 2.18. The maximum absolute atomic E-state index is 12.6. The predicted octanol–water partition coefficient (Wildman–Crippen LogP) is 2.83. The maximum atomic E-state index is 12.6. The molecule has 0 saturated carbocycles. The molecule has 2 aromatic rings. The van der Waals surface area contributed by atoms with Gasteiger partial charge in [-0.25, -0.2) is 0 Å². The van der Waals surface area contributed by atoms with Crippen molar-refractivity contribution in [2.75, 3.05) is 14.2 Å². The molecule has 0 heterocycles. The number of benzene rings is 2. The Kier molecular flexibility index (Phi) is 8.09. The van der Waals surface area contributed by atoms with Gasteiger partial charge in [0.2, 0.25) is 11.8 Å². The van der Waals surface area contributed by atoms with Gasteiger partial charge in [0.15, 0.2) is 0 Å². The van der Waals surface area contributed by atoms with E-state index in [4.69, 9.17) is 9.47 Å². The van der Waals surface area contributed by atoms with Crippen molar-refractivity contribution in [2.24, 2.45) is 5.92 Å². The molecule has 0 atom stereocenters. The zero-order valence-corrected chi connectivity index (χ0v) is 16.2. The van der Waals surface area contributed by atoms with Crippen molar-refractivity contribution >= 4 is 11.8 Å². The number of amides is 2. The van der Waals surface area contributed by atoms with E-state index in [-0.39, 0.29) is 31.3 Å². The average molecular weight is 382 g/mol. The van der Waals surface area contributed by atoms with Crippen LogP contribution in [0.4, 0.5) is 0 Å². The summed E-state index contributed by atoms with van der Waals surface area (Å²) in [5.41, 5.74) is 1.68. The van der Waals surface area contributed by atoms with Gasteiger partial charge in [-0.1, -0.05) is 42.5 Å². The first-order valence-corrected chi connectivity index (χ1v) is 9.00. The van der Waals surface area contributed by atoms with Gasteiger partial charge in [-0.3, -0.25) is 9.59 Å². The SMILES string of the molecule is C=CCC(C(=O)NCc1ccccc1OC)C(=O)NCc1ccccc1OC. The van der Waals surface area contributed by atoms with Crippen LogP contribution < -0.4 is 20.1 Å². The highest BCUT2D eigenvalue weighted by atomic mass is 16.5. The summed E-state index contributed by atoms with van der Waals surface area (Å²) in [5, 5.41) is 5.62. The number of ether oxygens (including phenoxy) is 2. The van der Waals surface area contributed by atoms with Crippen molar-refractivity contribution in [3.05, 3.63) is 72.3 Å². The van der Waals surface area contributed by atoms with Crippen LogP contribution in [-0.4, -0.2) is 26.0 Å². The summed E-state index contributed by atoms with van der Waals surface area (Å²) in [4.78, 5) is 25.2. The van der Waals surface area contributed by atoms with Crippen LogP contribution in [0, 0.1) is 5.92 Å². The van der Waals surface area contributed by atoms with Gasteiger partial charge in [-0.05, 0) is 18.6 Å². The first-order chi connectivity index (χ1) is 13.6. The highest BCUT2D eigenvalue weighted by molar-refractivity contribution is 6.00. The van der Waals surface area contributed by atoms with E-state index in [0.717, 1.165) is 11.1 Å². The minimum atomic E-state index is -0.859. The molecule has 0 aliphatic rings. The van der Waals surface area contributed by atoms with Crippen molar-refractivity contribution in [1.29, 1.82) is 0 Å². The van der Waals surface area contributed by atoms with E-state index in [1.807, 2.05) is 48.5 Å². The number of para-hydroxylation sites is 2. The molecule has 148 valence electrons. The summed E-state index contributed by atoms with van der Waals surface area (Å²) >= 11 is 0. The molecule has 0 fully saturated rings. The number of allylic oxidation sites excluding steroid dienone is 1. The molecule has 6 nitrogen and oxygen atoms in total. The Labute approximate surface area is 165 Å². The van der Waals surface area contributed by atoms with Gasteiger partial charge in [-0.2, -0.15) is 0 Å². The van der Waals surface area contributed by atoms with Crippen molar-refractivity contribution in [1.82, 2.24) is 10.6 Å². The number of carbonyl (C=O) groups excluding carboxylic acids is 2. The minimum absolute atomic E-state index is 0.246. The van der Waals surface area contributed by atoms with Gasteiger partial charge in [0.05, 0.1) is 14.2 Å². The second-order valence-electron chi connectivity index (χ2n) is 6.14. The molecule has 0 radical (unpaired) electrons. The molecule has 2 amide bonds. The predicted molar refractivity (Wildman–Crippen MR) is 108 cm³/mol. The Bertz CT molecular complexity index is 756. The largest absolute Gasteiger partial charge is 0.496 e. The quantitative estimate of drug-likeness (QED) is 0.489. The molecule has 0 aliphatic heterocycles. The number of carbonyl (C=O) groups is 2. The number of hydrogen-bond acceptors (Lipinski definition) is 4. The summed E-state index contributed by atoms with van der Waals surface area (Å²) in [6.45, 7) is 4.20. The fraction of sp³-hybridized carbons (Fsp3) is 0.273. The van der Waals surface area contributed by atoms with Crippen LogP contribution >= 0.6 is 0 Å². The number of nitrogens with one attached hydrogen (secondary N) is 2. The molecule has 0 aromatic heterocycles. The van der Waals surface area contributed by atoms with Crippen LogP contribution in [0.1, 0.15) is 17.5 Å². The smallest absolute Gasteiger partial charge is 0.233 e. The van der Waals surface area contributed by atoms with Crippen molar-refractivity contribution in [3.63, 3.8) is 0 Å². The van der Waals surface area contributed by atoms with Crippen LogP contribution in [0.5, 0.6) is 11.5 Å². The molecule has 0 bridgehead atoms. The molecule has 2 aromatic carbocycles. The number of rotatable bonds is 10. The van der Waals surface area contributed by atoms with Gasteiger partial charge < -0.3 is 20.1 Å². The maximum Gasteiger partial charge on any atom is 0.233 e. The van der Waals surface area contributed by atoms with E-state index in [9.17, 15) is 9.59 Å². The van der Waals surface area contributed by atoms with Gasteiger partial charge in [0.25, 0.3) is 0 Å². The molecule has 6 heteroatoms. The third kappa shape index (κ3) is 5.61. The summed E-state index contributed by atoms with van der Waals surface area (Å²) in [6.07, 6.45) is 1.81. The monoisotopic (exact) mass is 382 g/mol. The summed E-state index contributed by atoms with van der Waals surface area (Å²) in [7, 11) is 3.15. The van der Waals surface area contributed by atoms with E-state index in [0.29, 0.717) is 11.5 Å². The lowest BCUT2D eigenvalue weighted by Crippen LogP contribution is -2.40. The Hall–Kier alpha value is -3.28. The van der Waals surface area contributed by atoms with Gasteiger partial charge in [0, 0.05) is 24.2 Å². The van der Waals surface area contributed by atoms with Crippen molar-refractivity contribution in [2.45, 2.75) is 19.5 Å². The standard InChI is InChI=1S/C22H26N2O4/c1-4-9-18(21(25)23-14-16-10-5-7-12-19(16)27-2)22(26)24-15-17-11-6-8-13-20(17)28-3/h4-8,10-13,18H,1,9,14-15H2,2-3H3,(H,23,25)(H,24,26). The van der Waals surface area contributed by atoms with Crippen LogP contribution in [0.15, 0.2) is 61.2 Å². The first-order valence-electron chi connectivity index (χ1n) is 9.00. The van der Waals surface area contributed by atoms with E-state index in [1.54, 1.807) is 20.3 Å². The Morgan fingerprint density at radius 1 is 0.893 bits per heavy atom. The third-order valence-electron chi connectivity index (χ3n) is 4.33. The molecular weight excluding hydrogens is 356 g/mol. The fourth-order valence-corrected chi connectivity index (χ4v) is 2.81. The Balaban J connectivity index is 1.99. The summed E-state index contributed by atoms with van der Waals surface area (Å²) < 4.78 is 10.6. The first kappa shape index (κ1) is 21.0. The number of methoxy groups -OCH3 is 2. The van der Waals surface area contributed by atoms with E-state index < -0.39 is 5.92 Å². The Morgan fingerprint density at radius 3 is 1.71 bits per heavy atom. The number of hydrogen-bond donors (Lipinski definition) is 2.